The summed E-state index contributed by atoms with van der Waals surface area (Å²) in [6, 6.07) is 7.30. The average Bonchev–Trinajstić information content (AvgIpc) is 2.63. The number of rotatable bonds is 4. The van der Waals surface area contributed by atoms with Gasteiger partial charge in [-0.3, -0.25) is 4.90 Å². The Hall–Kier alpha value is -1.30. The van der Waals surface area contributed by atoms with Gasteiger partial charge in [0, 0.05) is 26.2 Å². The van der Waals surface area contributed by atoms with E-state index in [4.69, 9.17) is 16.3 Å². The highest BCUT2D eigenvalue weighted by atomic mass is 35.5. The van der Waals surface area contributed by atoms with Crippen LogP contribution in [0.2, 0.25) is 5.02 Å². The summed E-state index contributed by atoms with van der Waals surface area (Å²) in [6.45, 7) is 6.63. The number of hydrogen-bond donors (Lipinski definition) is 1. The lowest BCUT2D eigenvalue weighted by molar-refractivity contribution is 0.0340. The van der Waals surface area contributed by atoms with Crippen molar-refractivity contribution in [3.05, 3.63) is 29.3 Å². The summed E-state index contributed by atoms with van der Waals surface area (Å²) in [5, 5.41) is 3.49. The zero-order valence-electron chi connectivity index (χ0n) is 14.0. The molecule has 2 saturated heterocycles. The number of benzene rings is 1. The number of para-hydroxylation sites is 1. The van der Waals surface area contributed by atoms with E-state index in [1.165, 1.54) is 6.42 Å². The van der Waals surface area contributed by atoms with Gasteiger partial charge in [-0.1, -0.05) is 23.7 Å². The Morgan fingerprint density at radius 3 is 2.58 bits per heavy atom. The second-order valence-electron chi connectivity index (χ2n) is 6.58. The van der Waals surface area contributed by atoms with Gasteiger partial charge < -0.3 is 15.0 Å². The number of carbonyl (C=O) groups excluding carboxylic acids is 1. The maximum atomic E-state index is 12.4. The van der Waals surface area contributed by atoms with Gasteiger partial charge in [-0.15, -0.1) is 0 Å². The number of likely N-dealkylation sites (tertiary alicyclic amines) is 1. The number of nitrogens with zero attached hydrogens (tertiary/aromatic N) is 2. The number of carbonyl (C=O) groups is 1. The van der Waals surface area contributed by atoms with E-state index in [1.807, 2.05) is 23.1 Å². The molecule has 3 rings (SSSR count). The molecule has 0 saturated carbocycles. The van der Waals surface area contributed by atoms with Gasteiger partial charge >= 0.3 is 6.03 Å². The number of urea groups is 1. The van der Waals surface area contributed by atoms with Gasteiger partial charge in [0.05, 0.1) is 23.9 Å². The second kappa shape index (κ2) is 8.70. The van der Waals surface area contributed by atoms with Gasteiger partial charge in [0.25, 0.3) is 0 Å². The van der Waals surface area contributed by atoms with E-state index < -0.39 is 0 Å². The minimum atomic E-state index is -0.0465. The van der Waals surface area contributed by atoms with Crippen molar-refractivity contribution in [2.75, 3.05) is 51.3 Å². The maximum Gasteiger partial charge on any atom is 0.321 e. The minimum Gasteiger partial charge on any atom is -0.379 e. The fourth-order valence-electron chi connectivity index (χ4n) is 3.37. The van der Waals surface area contributed by atoms with Crippen molar-refractivity contribution in [2.45, 2.75) is 19.3 Å². The Bertz CT molecular complexity index is 541. The van der Waals surface area contributed by atoms with Crippen molar-refractivity contribution in [3.63, 3.8) is 0 Å². The van der Waals surface area contributed by atoms with Gasteiger partial charge in [-0.25, -0.2) is 4.79 Å². The highest BCUT2D eigenvalue weighted by Crippen LogP contribution is 2.24. The average molecular weight is 352 g/mol. The first-order valence-corrected chi connectivity index (χ1v) is 9.21. The number of morpholine rings is 1. The van der Waals surface area contributed by atoms with Crippen LogP contribution in [0.25, 0.3) is 0 Å². The van der Waals surface area contributed by atoms with Crippen LogP contribution in [-0.4, -0.2) is 61.8 Å². The molecular weight excluding hydrogens is 326 g/mol. The summed E-state index contributed by atoms with van der Waals surface area (Å²) >= 11 is 6.10. The van der Waals surface area contributed by atoms with Gasteiger partial charge in [-0.05, 0) is 43.9 Å². The van der Waals surface area contributed by atoms with Crippen LogP contribution in [-0.2, 0) is 4.74 Å². The molecular formula is C18H26ClN3O2. The van der Waals surface area contributed by atoms with Crippen LogP contribution >= 0.6 is 11.6 Å². The smallest absolute Gasteiger partial charge is 0.321 e. The number of piperidine rings is 1. The number of amides is 2. The van der Waals surface area contributed by atoms with Gasteiger partial charge in [0.2, 0.25) is 0 Å². The third-order valence-electron chi connectivity index (χ3n) is 4.97. The van der Waals surface area contributed by atoms with Crippen LogP contribution < -0.4 is 5.32 Å². The molecule has 0 atom stereocenters. The molecule has 2 fully saturated rings. The highest BCUT2D eigenvalue weighted by Gasteiger charge is 2.23. The van der Waals surface area contributed by atoms with Gasteiger partial charge in [0.15, 0.2) is 0 Å². The summed E-state index contributed by atoms with van der Waals surface area (Å²) in [6.07, 6.45) is 3.39. The van der Waals surface area contributed by atoms with E-state index in [0.29, 0.717) is 10.7 Å². The molecule has 1 aromatic rings. The molecule has 2 amide bonds. The quantitative estimate of drug-likeness (QED) is 0.905. The summed E-state index contributed by atoms with van der Waals surface area (Å²) < 4.78 is 5.39. The SMILES string of the molecule is O=C(Nc1ccccc1Cl)N1CCC(CCN2CCOCC2)CC1. The molecule has 0 bridgehead atoms. The molecule has 6 heteroatoms. The Morgan fingerprint density at radius 2 is 1.88 bits per heavy atom. The number of nitrogens with one attached hydrogen (secondary N) is 1. The molecule has 1 N–H and O–H groups in total. The van der Waals surface area contributed by atoms with Crippen LogP contribution in [0, 0.1) is 5.92 Å². The molecule has 132 valence electrons. The van der Waals surface area contributed by atoms with E-state index in [-0.39, 0.29) is 6.03 Å². The molecule has 0 spiro atoms. The van der Waals surface area contributed by atoms with Gasteiger partial charge in [0.1, 0.15) is 0 Å². The number of ether oxygens (including phenoxy) is 1. The van der Waals surface area contributed by atoms with E-state index >= 15 is 0 Å². The van der Waals surface area contributed by atoms with Crippen molar-refractivity contribution in [3.8, 4) is 0 Å². The fraction of sp³-hybridized carbons (Fsp3) is 0.611. The predicted molar refractivity (Wildman–Crippen MR) is 96.6 cm³/mol. The van der Waals surface area contributed by atoms with Crippen LogP contribution in [0.3, 0.4) is 0 Å². The molecule has 0 aliphatic carbocycles. The third kappa shape index (κ3) is 4.85. The van der Waals surface area contributed by atoms with E-state index in [2.05, 4.69) is 10.2 Å². The zero-order valence-corrected chi connectivity index (χ0v) is 14.8. The number of hydrogen-bond acceptors (Lipinski definition) is 3. The van der Waals surface area contributed by atoms with Crippen LogP contribution in [0.15, 0.2) is 24.3 Å². The molecule has 1 aromatic carbocycles. The molecule has 2 aliphatic rings. The molecule has 5 nitrogen and oxygen atoms in total. The van der Waals surface area contributed by atoms with Crippen molar-refractivity contribution in [1.82, 2.24) is 9.80 Å². The van der Waals surface area contributed by atoms with E-state index in [1.54, 1.807) is 6.07 Å². The molecule has 0 aromatic heterocycles. The Morgan fingerprint density at radius 1 is 1.17 bits per heavy atom. The van der Waals surface area contributed by atoms with Crippen molar-refractivity contribution in [1.29, 1.82) is 0 Å². The Balaban J connectivity index is 1.39. The lowest BCUT2D eigenvalue weighted by atomic mass is 9.93. The normalized spacial score (nSPS) is 20.1. The molecule has 2 aliphatic heterocycles. The Labute approximate surface area is 148 Å². The monoisotopic (exact) mass is 351 g/mol. The third-order valence-corrected chi connectivity index (χ3v) is 5.30. The van der Waals surface area contributed by atoms with E-state index in [0.717, 1.165) is 64.7 Å². The summed E-state index contributed by atoms with van der Waals surface area (Å²) in [5.41, 5.74) is 0.679. The molecule has 0 unspecified atom stereocenters. The number of anilines is 1. The van der Waals surface area contributed by atoms with Crippen LogP contribution in [0.4, 0.5) is 10.5 Å². The largest absolute Gasteiger partial charge is 0.379 e. The molecule has 24 heavy (non-hydrogen) atoms. The first-order chi connectivity index (χ1) is 11.7. The first-order valence-electron chi connectivity index (χ1n) is 8.83. The standard InChI is InChI=1S/C18H26ClN3O2/c19-16-3-1-2-4-17(16)20-18(23)22-9-6-15(7-10-22)5-8-21-11-13-24-14-12-21/h1-4,15H,5-14H2,(H,20,23). The first kappa shape index (κ1) is 17.5. The van der Waals surface area contributed by atoms with Crippen molar-refractivity contribution in [2.24, 2.45) is 5.92 Å². The topological polar surface area (TPSA) is 44.8 Å². The maximum absolute atomic E-state index is 12.4. The van der Waals surface area contributed by atoms with Crippen molar-refractivity contribution >= 4 is 23.3 Å². The van der Waals surface area contributed by atoms with Crippen LogP contribution in [0.1, 0.15) is 19.3 Å². The van der Waals surface area contributed by atoms with Gasteiger partial charge in [-0.2, -0.15) is 0 Å². The van der Waals surface area contributed by atoms with Crippen LogP contribution in [0.5, 0.6) is 0 Å². The lowest BCUT2D eigenvalue weighted by Gasteiger charge is -2.34. The number of halogens is 1. The summed E-state index contributed by atoms with van der Waals surface area (Å²) in [4.78, 5) is 16.7. The minimum absolute atomic E-state index is 0.0465. The van der Waals surface area contributed by atoms with E-state index in [9.17, 15) is 4.79 Å². The molecule has 0 radical (unpaired) electrons. The molecule has 2 heterocycles. The fourth-order valence-corrected chi connectivity index (χ4v) is 3.55. The summed E-state index contributed by atoms with van der Waals surface area (Å²) in [5.74, 6) is 0.720. The highest BCUT2D eigenvalue weighted by molar-refractivity contribution is 6.33. The van der Waals surface area contributed by atoms with Crippen molar-refractivity contribution < 1.29 is 9.53 Å². The second-order valence-corrected chi connectivity index (χ2v) is 6.99. The lowest BCUT2D eigenvalue weighted by Crippen LogP contribution is -2.42. The Kier molecular flexibility index (Phi) is 6.35. The zero-order chi connectivity index (χ0) is 16.8. The summed E-state index contributed by atoms with van der Waals surface area (Å²) in [7, 11) is 0. The predicted octanol–water partition coefficient (Wildman–Crippen LogP) is 3.31.